The molecule has 124 valence electrons. The molecule has 0 unspecified atom stereocenters. The maximum Gasteiger partial charge on any atom is 0.328 e. The molecule has 1 atom stereocenters. The van der Waals surface area contributed by atoms with Crippen molar-refractivity contribution in [3.05, 3.63) is 47.5 Å². The smallest absolute Gasteiger partial charge is 0.328 e. The second-order valence-electron chi connectivity index (χ2n) is 5.62. The SMILES string of the molecule is COC(=O)[C@H](Cc1ccccc1)NC(=O)/C(=C\C(C)C)C(C)=O. The first-order chi connectivity index (χ1) is 10.8. The minimum absolute atomic E-state index is 0.0466. The van der Waals surface area contributed by atoms with Crippen LogP contribution in [0.25, 0.3) is 0 Å². The van der Waals surface area contributed by atoms with Crippen LogP contribution in [0.1, 0.15) is 26.3 Å². The molecule has 1 aromatic carbocycles. The number of ether oxygens (including phenoxy) is 1. The van der Waals surface area contributed by atoms with E-state index in [2.05, 4.69) is 5.32 Å². The molecule has 1 N–H and O–H groups in total. The first-order valence-electron chi connectivity index (χ1n) is 7.50. The zero-order valence-corrected chi connectivity index (χ0v) is 14.0. The van der Waals surface area contributed by atoms with Gasteiger partial charge in [-0.05, 0) is 18.4 Å². The van der Waals surface area contributed by atoms with E-state index in [0.717, 1.165) is 5.56 Å². The number of Topliss-reactive ketones (excluding diaryl/α,β-unsaturated/α-hetero) is 1. The molecule has 0 heterocycles. The fourth-order valence-corrected chi connectivity index (χ4v) is 2.11. The molecule has 0 aliphatic carbocycles. The molecule has 0 radical (unpaired) electrons. The van der Waals surface area contributed by atoms with Gasteiger partial charge in [0, 0.05) is 6.42 Å². The lowest BCUT2D eigenvalue weighted by Gasteiger charge is -2.17. The van der Waals surface area contributed by atoms with Crippen LogP contribution in [-0.4, -0.2) is 30.8 Å². The van der Waals surface area contributed by atoms with Gasteiger partial charge in [-0.25, -0.2) is 4.79 Å². The third kappa shape index (κ3) is 6.06. The monoisotopic (exact) mass is 317 g/mol. The summed E-state index contributed by atoms with van der Waals surface area (Å²) in [7, 11) is 1.27. The summed E-state index contributed by atoms with van der Waals surface area (Å²) in [6.07, 6.45) is 1.89. The predicted octanol–water partition coefficient (Wildman–Crippen LogP) is 2.06. The summed E-state index contributed by atoms with van der Waals surface area (Å²) in [5, 5.41) is 2.60. The number of nitrogens with one attached hydrogen (secondary N) is 1. The van der Waals surface area contributed by atoms with Crippen LogP contribution in [0.2, 0.25) is 0 Å². The Balaban J connectivity index is 2.94. The van der Waals surface area contributed by atoms with Crippen LogP contribution in [-0.2, 0) is 25.5 Å². The Morgan fingerprint density at radius 1 is 1.17 bits per heavy atom. The molecular formula is C18H23NO4. The molecule has 1 rings (SSSR count). The molecule has 1 aromatic rings. The van der Waals surface area contributed by atoms with Gasteiger partial charge in [0.15, 0.2) is 5.78 Å². The quantitative estimate of drug-likeness (QED) is 0.362. The summed E-state index contributed by atoms with van der Waals surface area (Å²) in [4.78, 5) is 35.9. The Kier molecular flexibility index (Phi) is 7.19. The van der Waals surface area contributed by atoms with E-state index in [-0.39, 0.29) is 17.3 Å². The zero-order chi connectivity index (χ0) is 17.4. The average Bonchev–Trinajstić information content (AvgIpc) is 2.51. The van der Waals surface area contributed by atoms with Gasteiger partial charge in [0.05, 0.1) is 12.7 Å². The summed E-state index contributed by atoms with van der Waals surface area (Å²) >= 11 is 0. The molecule has 0 fully saturated rings. The van der Waals surface area contributed by atoms with Crippen molar-refractivity contribution in [1.29, 1.82) is 0 Å². The summed E-state index contributed by atoms with van der Waals surface area (Å²) in [6.45, 7) is 5.08. The number of rotatable bonds is 7. The Morgan fingerprint density at radius 2 is 1.78 bits per heavy atom. The number of amides is 1. The van der Waals surface area contributed by atoms with Crippen molar-refractivity contribution in [2.45, 2.75) is 33.2 Å². The number of carbonyl (C=O) groups excluding carboxylic acids is 3. The highest BCUT2D eigenvalue weighted by atomic mass is 16.5. The fraction of sp³-hybridized carbons (Fsp3) is 0.389. The minimum Gasteiger partial charge on any atom is -0.467 e. The highest BCUT2D eigenvalue weighted by Gasteiger charge is 2.25. The van der Waals surface area contributed by atoms with E-state index in [1.54, 1.807) is 6.08 Å². The summed E-state index contributed by atoms with van der Waals surface area (Å²) in [6, 6.07) is 8.45. The Labute approximate surface area is 136 Å². The second kappa shape index (κ2) is 8.88. The van der Waals surface area contributed by atoms with Crippen molar-refractivity contribution in [3.8, 4) is 0 Å². The molecule has 23 heavy (non-hydrogen) atoms. The van der Waals surface area contributed by atoms with Crippen LogP contribution < -0.4 is 5.32 Å². The molecule has 0 aliphatic rings. The van der Waals surface area contributed by atoms with Gasteiger partial charge < -0.3 is 10.1 Å². The van der Waals surface area contributed by atoms with E-state index in [4.69, 9.17) is 4.74 Å². The molecule has 0 aliphatic heterocycles. The molecule has 0 saturated heterocycles. The fourth-order valence-electron chi connectivity index (χ4n) is 2.11. The zero-order valence-electron chi connectivity index (χ0n) is 14.0. The summed E-state index contributed by atoms with van der Waals surface area (Å²) in [5.41, 5.74) is 0.947. The van der Waals surface area contributed by atoms with Crippen LogP contribution in [0.4, 0.5) is 0 Å². The van der Waals surface area contributed by atoms with Gasteiger partial charge in [0.25, 0.3) is 5.91 Å². The molecule has 1 amide bonds. The number of esters is 1. The topological polar surface area (TPSA) is 72.5 Å². The van der Waals surface area contributed by atoms with Gasteiger partial charge in [-0.3, -0.25) is 9.59 Å². The predicted molar refractivity (Wildman–Crippen MR) is 87.7 cm³/mol. The second-order valence-corrected chi connectivity index (χ2v) is 5.62. The van der Waals surface area contributed by atoms with Gasteiger partial charge in [-0.1, -0.05) is 50.3 Å². The van der Waals surface area contributed by atoms with Gasteiger partial charge in [-0.15, -0.1) is 0 Å². The van der Waals surface area contributed by atoms with Crippen molar-refractivity contribution >= 4 is 17.7 Å². The number of hydrogen-bond donors (Lipinski definition) is 1. The number of benzene rings is 1. The number of allylic oxidation sites excluding steroid dienone is 1. The standard InChI is InChI=1S/C18H23NO4/c1-12(2)10-15(13(3)20)17(21)19-16(18(22)23-4)11-14-8-6-5-7-9-14/h5-10,12,16H,11H2,1-4H3,(H,19,21)/b15-10-/t16-/m0/s1. The Bertz CT molecular complexity index is 590. The number of ketones is 1. The van der Waals surface area contributed by atoms with E-state index in [0.29, 0.717) is 6.42 Å². The van der Waals surface area contributed by atoms with Crippen LogP contribution in [0.5, 0.6) is 0 Å². The number of methoxy groups -OCH3 is 1. The number of carbonyl (C=O) groups is 3. The van der Waals surface area contributed by atoms with Gasteiger partial charge >= 0.3 is 5.97 Å². The van der Waals surface area contributed by atoms with Crippen LogP contribution in [0.15, 0.2) is 42.0 Å². The van der Waals surface area contributed by atoms with Gasteiger partial charge in [0.2, 0.25) is 0 Å². The molecule has 0 aromatic heterocycles. The lowest BCUT2D eigenvalue weighted by atomic mass is 10.0. The third-order valence-electron chi connectivity index (χ3n) is 3.20. The van der Waals surface area contributed by atoms with Crippen LogP contribution >= 0.6 is 0 Å². The first kappa shape index (κ1) is 18.6. The van der Waals surface area contributed by atoms with Crippen molar-refractivity contribution in [2.75, 3.05) is 7.11 Å². The Morgan fingerprint density at radius 3 is 2.26 bits per heavy atom. The van der Waals surface area contributed by atoms with Crippen molar-refractivity contribution in [1.82, 2.24) is 5.32 Å². The van der Waals surface area contributed by atoms with E-state index in [1.165, 1.54) is 14.0 Å². The van der Waals surface area contributed by atoms with E-state index >= 15 is 0 Å². The number of hydrogen-bond acceptors (Lipinski definition) is 4. The lowest BCUT2D eigenvalue weighted by Crippen LogP contribution is -2.44. The molecular weight excluding hydrogens is 294 g/mol. The van der Waals surface area contributed by atoms with E-state index < -0.39 is 17.9 Å². The first-order valence-corrected chi connectivity index (χ1v) is 7.50. The van der Waals surface area contributed by atoms with Crippen molar-refractivity contribution in [3.63, 3.8) is 0 Å². The maximum absolute atomic E-state index is 12.3. The minimum atomic E-state index is -0.843. The molecule has 5 nitrogen and oxygen atoms in total. The Hall–Kier alpha value is -2.43. The maximum atomic E-state index is 12.3. The van der Waals surface area contributed by atoms with Crippen molar-refractivity contribution < 1.29 is 19.1 Å². The molecule has 5 heteroatoms. The normalized spacial score (nSPS) is 12.7. The van der Waals surface area contributed by atoms with Crippen LogP contribution in [0, 0.1) is 5.92 Å². The van der Waals surface area contributed by atoms with E-state index in [9.17, 15) is 14.4 Å². The molecule has 0 bridgehead atoms. The largest absolute Gasteiger partial charge is 0.467 e. The van der Waals surface area contributed by atoms with Gasteiger partial charge in [-0.2, -0.15) is 0 Å². The van der Waals surface area contributed by atoms with Crippen LogP contribution in [0.3, 0.4) is 0 Å². The summed E-state index contributed by atoms with van der Waals surface area (Å²) < 4.78 is 4.75. The van der Waals surface area contributed by atoms with Gasteiger partial charge in [0.1, 0.15) is 6.04 Å². The third-order valence-corrected chi connectivity index (χ3v) is 3.20. The summed E-state index contributed by atoms with van der Waals surface area (Å²) in [5.74, 6) is -1.39. The highest BCUT2D eigenvalue weighted by molar-refractivity contribution is 6.18. The van der Waals surface area contributed by atoms with Crippen molar-refractivity contribution in [2.24, 2.45) is 5.92 Å². The lowest BCUT2D eigenvalue weighted by molar-refractivity contribution is -0.144. The molecule has 0 spiro atoms. The highest BCUT2D eigenvalue weighted by Crippen LogP contribution is 2.08. The van der Waals surface area contributed by atoms with E-state index in [1.807, 2.05) is 44.2 Å². The molecule has 0 saturated carbocycles. The average molecular weight is 317 g/mol.